The molecule has 0 spiro atoms. The van der Waals surface area contributed by atoms with Gasteiger partial charge in [0.2, 0.25) is 5.91 Å². The van der Waals surface area contributed by atoms with Gasteiger partial charge in [-0.3, -0.25) is 14.4 Å². The van der Waals surface area contributed by atoms with Crippen molar-refractivity contribution in [2.45, 2.75) is 6.54 Å². The fourth-order valence-corrected chi connectivity index (χ4v) is 2.74. The largest absolute Gasteiger partial charge is 0.459 e. The summed E-state index contributed by atoms with van der Waals surface area (Å²) in [7, 11) is 0. The first kappa shape index (κ1) is 18.1. The zero-order valence-electron chi connectivity index (χ0n) is 15.0. The van der Waals surface area contributed by atoms with Gasteiger partial charge in [-0.1, -0.05) is 23.4 Å². The van der Waals surface area contributed by atoms with Gasteiger partial charge in [0, 0.05) is 11.4 Å². The van der Waals surface area contributed by atoms with Gasteiger partial charge in [-0.15, -0.1) is 5.10 Å². The smallest absolute Gasteiger partial charge is 0.291 e. The summed E-state index contributed by atoms with van der Waals surface area (Å²) in [5, 5.41) is 13.5. The number of carbonyl (C=O) groups is 2. The number of fused-ring (bicyclic) bond motifs is 1. The van der Waals surface area contributed by atoms with Gasteiger partial charge in [0.1, 0.15) is 12.1 Å². The third kappa shape index (κ3) is 4.03. The maximum atomic E-state index is 12.4. The topological polar surface area (TPSA) is 119 Å². The number of furan rings is 1. The highest BCUT2D eigenvalue weighted by Crippen LogP contribution is 2.16. The molecule has 144 valence electrons. The molecule has 0 aliphatic heterocycles. The van der Waals surface area contributed by atoms with Crippen molar-refractivity contribution in [3.63, 3.8) is 0 Å². The highest BCUT2D eigenvalue weighted by Gasteiger charge is 2.11. The van der Waals surface area contributed by atoms with Crippen LogP contribution in [0, 0.1) is 0 Å². The maximum Gasteiger partial charge on any atom is 0.291 e. The first-order valence-corrected chi connectivity index (χ1v) is 8.67. The van der Waals surface area contributed by atoms with Crippen LogP contribution in [-0.2, 0) is 11.3 Å². The number of nitrogens with one attached hydrogen (secondary N) is 2. The second-order valence-corrected chi connectivity index (χ2v) is 6.13. The number of anilines is 2. The van der Waals surface area contributed by atoms with E-state index in [1.807, 2.05) is 0 Å². The molecule has 29 heavy (non-hydrogen) atoms. The zero-order chi connectivity index (χ0) is 20.2. The molecule has 0 fully saturated rings. The van der Waals surface area contributed by atoms with Gasteiger partial charge in [-0.25, -0.2) is 4.68 Å². The van der Waals surface area contributed by atoms with Crippen LogP contribution in [0.2, 0.25) is 0 Å². The summed E-state index contributed by atoms with van der Waals surface area (Å²) in [6.45, 7) is -0.292. The molecule has 0 saturated heterocycles. The SMILES string of the molecule is O=C(Cn1nnc2ccccc2c1=O)Nc1cccc(NC(=O)c2ccco2)c1. The van der Waals surface area contributed by atoms with Crippen LogP contribution < -0.4 is 16.2 Å². The number of benzene rings is 2. The average Bonchev–Trinajstić information content (AvgIpc) is 3.26. The molecule has 2 amide bonds. The van der Waals surface area contributed by atoms with Gasteiger partial charge in [0.05, 0.1) is 11.6 Å². The quantitative estimate of drug-likeness (QED) is 0.540. The zero-order valence-corrected chi connectivity index (χ0v) is 15.0. The summed E-state index contributed by atoms with van der Waals surface area (Å²) in [6.07, 6.45) is 1.41. The van der Waals surface area contributed by atoms with Gasteiger partial charge >= 0.3 is 0 Å². The molecular weight excluding hydrogens is 374 g/mol. The fourth-order valence-electron chi connectivity index (χ4n) is 2.74. The molecule has 0 aliphatic carbocycles. The highest BCUT2D eigenvalue weighted by atomic mass is 16.3. The van der Waals surface area contributed by atoms with Crippen molar-refractivity contribution >= 4 is 34.1 Å². The fraction of sp³-hybridized carbons (Fsp3) is 0.0500. The monoisotopic (exact) mass is 389 g/mol. The number of hydrogen-bond donors (Lipinski definition) is 2. The Bertz CT molecular complexity index is 1250. The van der Waals surface area contributed by atoms with E-state index in [4.69, 9.17) is 4.42 Å². The Morgan fingerprint density at radius 1 is 0.966 bits per heavy atom. The Morgan fingerprint density at radius 2 is 1.76 bits per heavy atom. The van der Waals surface area contributed by atoms with E-state index in [1.165, 1.54) is 6.26 Å². The first-order valence-electron chi connectivity index (χ1n) is 8.67. The van der Waals surface area contributed by atoms with E-state index in [0.29, 0.717) is 22.3 Å². The van der Waals surface area contributed by atoms with Crippen molar-refractivity contribution in [1.29, 1.82) is 0 Å². The van der Waals surface area contributed by atoms with Crippen molar-refractivity contribution in [3.05, 3.63) is 83.0 Å². The van der Waals surface area contributed by atoms with Crippen LogP contribution in [-0.4, -0.2) is 26.8 Å². The van der Waals surface area contributed by atoms with Crippen molar-refractivity contribution in [2.24, 2.45) is 0 Å². The van der Waals surface area contributed by atoms with E-state index in [9.17, 15) is 14.4 Å². The number of hydrogen-bond acceptors (Lipinski definition) is 6. The summed E-state index contributed by atoms with van der Waals surface area (Å²) in [6, 6.07) is 16.5. The van der Waals surface area contributed by atoms with Crippen LogP contribution in [0.4, 0.5) is 11.4 Å². The molecule has 2 N–H and O–H groups in total. The lowest BCUT2D eigenvalue weighted by Crippen LogP contribution is -2.30. The standard InChI is InChI=1S/C20H15N5O4/c26-18(12-25-20(28)15-7-1-2-8-16(15)23-24-25)21-13-5-3-6-14(11-13)22-19(27)17-9-4-10-29-17/h1-11H,12H2,(H,21,26)(H,22,27). The minimum absolute atomic E-state index is 0.175. The molecule has 9 nitrogen and oxygen atoms in total. The van der Waals surface area contributed by atoms with E-state index in [2.05, 4.69) is 20.9 Å². The van der Waals surface area contributed by atoms with Crippen LogP contribution in [0.3, 0.4) is 0 Å². The summed E-state index contributed by atoms with van der Waals surface area (Å²) in [5.41, 5.74) is 1.00. The molecule has 4 aromatic rings. The molecule has 0 radical (unpaired) electrons. The van der Waals surface area contributed by atoms with Gasteiger partial charge in [-0.2, -0.15) is 0 Å². The predicted octanol–water partition coefficient (Wildman–Crippen LogP) is 2.28. The van der Waals surface area contributed by atoms with E-state index >= 15 is 0 Å². The second-order valence-electron chi connectivity index (χ2n) is 6.13. The number of amides is 2. The predicted molar refractivity (Wildman–Crippen MR) is 106 cm³/mol. The Balaban J connectivity index is 1.46. The Labute approximate surface area is 164 Å². The lowest BCUT2D eigenvalue weighted by Gasteiger charge is -2.09. The molecule has 2 aromatic carbocycles. The maximum absolute atomic E-state index is 12.4. The molecule has 0 unspecified atom stereocenters. The van der Waals surface area contributed by atoms with Crippen LogP contribution >= 0.6 is 0 Å². The van der Waals surface area contributed by atoms with Gasteiger partial charge in [0.25, 0.3) is 11.5 Å². The Kier molecular flexibility index (Phi) is 4.85. The van der Waals surface area contributed by atoms with E-state index in [-0.39, 0.29) is 12.3 Å². The molecule has 0 aliphatic rings. The van der Waals surface area contributed by atoms with Crippen molar-refractivity contribution in [2.75, 3.05) is 10.6 Å². The lowest BCUT2D eigenvalue weighted by molar-refractivity contribution is -0.117. The summed E-state index contributed by atoms with van der Waals surface area (Å²) in [4.78, 5) is 36.8. The third-order valence-electron chi connectivity index (χ3n) is 4.07. The van der Waals surface area contributed by atoms with Crippen LogP contribution in [0.1, 0.15) is 10.6 Å². The summed E-state index contributed by atoms with van der Waals surface area (Å²) < 4.78 is 6.04. The van der Waals surface area contributed by atoms with Gasteiger partial charge < -0.3 is 15.1 Å². The van der Waals surface area contributed by atoms with Crippen LogP contribution in [0.5, 0.6) is 0 Å². The molecule has 0 atom stereocenters. The molecular formula is C20H15N5O4. The normalized spacial score (nSPS) is 10.6. The summed E-state index contributed by atoms with van der Waals surface area (Å²) in [5.74, 6) is -0.684. The van der Waals surface area contributed by atoms with Crippen molar-refractivity contribution < 1.29 is 14.0 Å². The first-order chi connectivity index (χ1) is 14.1. The van der Waals surface area contributed by atoms with Crippen molar-refractivity contribution in [1.82, 2.24) is 15.0 Å². The number of aromatic nitrogens is 3. The lowest BCUT2D eigenvalue weighted by atomic mass is 10.2. The van der Waals surface area contributed by atoms with Gasteiger partial charge in [-0.05, 0) is 42.5 Å². The number of carbonyl (C=O) groups excluding carboxylic acids is 2. The van der Waals surface area contributed by atoms with E-state index in [1.54, 1.807) is 60.7 Å². The Hall–Kier alpha value is -4.27. The minimum Gasteiger partial charge on any atom is -0.459 e. The van der Waals surface area contributed by atoms with Gasteiger partial charge in [0.15, 0.2) is 5.76 Å². The summed E-state index contributed by atoms with van der Waals surface area (Å²) >= 11 is 0. The van der Waals surface area contributed by atoms with E-state index < -0.39 is 17.4 Å². The minimum atomic E-state index is -0.453. The van der Waals surface area contributed by atoms with E-state index in [0.717, 1.165) is 4.68 Å². The third-order valence-corrected chi connectivity index (χ3v) is 4.07. The molecule has 2 aromatic heterocycles. The molecule has 2 heterocycles. The molecule has 9 heteroatoms. The molecule has 0 saturated carbocycles. The van der Waals surface area contributed by atoms with Crippen LogP contribution in [0.25, 0.3) is 10.9 Å². The molecule has 4 rings (SSSR count). The average molecular weight is 389 g/mol. The highest BCUT2D eigenvalue weighted by molar-refractivity contribution is 6.02. The van der Waals surface area contributed by atoms with Crippen LogP contribution in [0.15, 0.2) is 76.1 Å². The Morgan fingerprint density at radius 3 is 2.55 bits per heavy atom. The van der Waals surface area contributed by atoms with Crippen molar-refractivity contribution in [3.8, 4) is 0 Å². The number of nitrogens with zero attached hydrogens (tertiary/aromatic N) is 3. The molecule has 0 bridgehead atoms. The number of rotatable bonds is 5. The second kappa shape index (κ2) is 7.77.